The van der Waals surface area contributed by atoms with Crippen LogP contribution in [-0.4, -0.2) is 18.4 Å². The summed E-state index contributed by atoms with van der Waals surface area (Å²) in [6.07, 6.45) is 0. The second-order valence-corrected chi connectivity index (χ2v) is 5.15. The number of nitrogens with one attached hydrogen (secondary N) is 2. The number of rotatable bonds is 5. The lowest BCUT2D eigenvalue weighted by Gasteiger charge is -2.10. The maximum absolute atomic E-state index is 12.0. The van der Waals surface area contributed by atoms with Crippen LogP contribution in [0, 0.1) is 13.8 Å². The van der Waals surface area contributed by atoms with Gasteiger partial charge >= 0.3 is 0 Å². The predicted molar refractivity (Wildman–Crippen MR) is 88.1 cm³/mol. The molecular weight excluding hydrogens is 294 g/mol. The summed E-state index contributed by atoms with van der Waals surface area (Å²) >= 11 is 0. The molecule has 6 nitrogen and oxygen atoms in total. The van der Waals surface area contributed by atoms with Gasteiger partial charge in [-0.25, -0.2) is 5.84 Å². The van der Waals surface area contributed by atoms with E-state index in [0.29, 0.717) is 11.3 Å². The fourth-order valence-corrected chi connectivity index (χ4v) is 1.99. The van der Waals surface area contributed by atoms with E-state index in [2.05, 4.69) is 5.32 Å². The normalized spacial score (nSPS) is 10.0. The Morgan fingerprint density at radius 2 is 1.78 bits per heavy atom. The molecule has 2 rings (SSSR count). The van der Waals surface area contributed by atoms with Crippen LogP contribution in [0.5, 0.6) is 5.75 Å². The van der Waals surface area contributed by atoms with Crippen molar-refractivity contribution in [3.05, 3.63) is 59.2 Å². The Morgan fingerprint density at radius 3 is 2.43 bits per heavy atom. The minimum absolute atomic E-state index is 0.115. The quantitative estimate of drug-likeness (QED) is 0.446. The third-order valence-corrected chi connectivity index (χ3v) is 3.28. The lowest BCUT2D eigenvalue weighted by molar-refractivity contribution is -0.118. The van der Waals surface area contributed by atoms with Gasteiger partial charge < -0.3 is 10.1 Å². The Labute approximate surface area is 134 Å². The van der Waals surface area contributed by atoms with Gasteiger partial charge in [0.1, 0.15) is 5.75 Å². The van der Waals surface area contributed by atoms with Crippen LogP contribution in [0.15, 0.2) is 42.5 Å². The molecule has 0 spiro atoms. The van der Waals surface area contributed by atoms with Gasteiger partial charge in [-0.2, -0.15) is 0 Å². The van der Waals surface area contributed by atoms with E-state index in [0.717, 1.165) is 16.8 Å². The van der Waals surface area contributed by atoms with Gasteiger partial charge in [-0.05, 0) is 55.3 Å². The zero-order chi connectivity index (χ0) is 16.8. The second-order valence-electron chi connectivity index (χ2n) is 5.15. The maximum atomic E-state index is 12.0. The number of hydrogen-bond acceptors (Lipinski definition) is 4. The van der Waals surface area contributed by atoms with Crippen LogP contribution in [0.3, 0.4) is 0 Å². The van der Waals surface area contributed by atoms with Crippen molar-refractivity contribution in [2.45, 2.75) is 13.8 Å². The summed E-state index contributed by atoms with van der Waals surface area (Å²) in [5.74, 6) is 4.92. The lowest BCUT2D eigenvalue weighted by atomic mass is 10.1. The summed E-state index contributed by atoms with van der Waals surface area (Å²) < 4.78 is 5.40. The van der Waals surface area contributed by atoms with Crippen molar-refractivity contribution in [2.24, 2.45) is 5.84 Å². The molecule has 2 aromatic rings. The van der Waals surface area contributed by atoms with E-state index in [1.165, 1.54) is 0 Å². The van der Waals surface area contributed by atoms with Crippen LogP contribution in [0.25, 0.3) is 0 Å². The molecule has 0 aliphatic heterocycles. The molecule has 0 unspecified atom stereocenters. The lowest BCUT2D eigenvalue weighted by Crippen LogP contribution is -2.29. The highest BCUT2D eigenvalue weighted by molar-refractivity contribution is 5.94. The van der Waals surface area contributed by atoms with Crippen LogP contribution in [0.2, 0.25) is 0 Å². The van der Waals surface area contributed by atoms with Gasteiger partial charge in [0.15, 0.2) is 6.61 Å². The minimum atomic E-state index is -0.385. The van der Waals surface area contributed by atoms with Crippen LogP contribution >= 0.6 is 0 Å². The van der Waals surface area contributed by atoms with Crippen molar-refractivity contribution in [1.82, 2.24) is 5.43 Å². The fourth-order valence-electron chi connectivity index (χ4n) is 1.99. The molecule has 2 aromatic carbocycles. The first-order valence-corrected chi connectivity index (χ1v) is 7.10. The summed E-state index contributed by atoms with van der Waals surface area (Å²) in [5.41, 5.74) is 5.29. The SMILES string of the molecule is Cc1ccc(C)c(NC(=O)COc2ccc(C(=O)NN)cc2)c1. The fraction of sp³-hybridized carbons (Fsp3) is 0.176. The summed E-state index contributed by atoms with van der Waals surface area (Å²) in [7, 11) is 0. The Hall–Kier alpha value is -2.86. The molecule has 0 aliphatic carbocycles. The molecular formula is C17H19N3O3. The molecule has 0 aliphatic rings. The Kier molecular flexibility index (Phi) is 5.32. The molecule has 6 heteroatoms. The number of carbonyl (C=O) groups excluding carboxylic acids is 2. The maximum Gasteiger partial charge on any atom is 0.265 e. The number of carbonyl (C=O) groups is 2. The first-order chi connectivity index (χ1) is 11.0. The van der Waals surface area contributed by atoms with E-state index in [1.807, 2.05) is 37.5 Å². The largest absolute Gasteiger partial charge is 0.484 e. The number of amides is 2. The zero-order valence-electron chi connectivity index (χ0n) is 13.1. The van der Waals surface area contributed by atoms with Crippen LogP contribution < -0.4 is 21.3 Å². The van der Waals surface area contributed by atoms with Crippen LogP contribution in [0.1, 0.15) is 21.5 Å². The molecule has 2 amide bonds. The average Bonchev–Trinajstić information content (AvgIpc) is 2.56. The standard InChI is InChI=1S/C17H19N3O3/c1-11-3-4-12(2)15(9-11)19-16(21)10-23-14-7-5-13(6-8-14)17(22)20-18/h3-9H,10,18H2,1-2H3,(H,19,21)(H,20,22). The third kappa shape index (κ3) is 4.55. The monoisotopic (exact) mass is 313 g/mol. The number of aryl methyl sites for hydroxylation is 2. The molecule has 0 heterocycles. The first kappa shape index (κ1) is 16.5. The van der Waals surface area contributed by atoms with Gasteiger partial charge in [-0.1, -0.05) is 12.1 Å². The Bertz CT molecular complexity index is 712. The molecule has 0 bridgehead atoms. The van der Waals surface area contributed by atoms with E-state index in [1.54, 1.807) is 24.3 Å². The van der Waals surface area contributed by atoms with Gasteiger partial charge in [0.05, 0.1) is 0 Å². The number of hydrazine groups is 1. The summed E-state index contributed by atoms with van der Waals surface area (Å²) in [5, 5.41) is 2.82. The van der Waals surface area contributed by atoms with E-state index < -0.39 is 0 Å². The third-order valence-electron chi connectivity index (χ3n) is 3.28. The number of benzene rings is 2. The summed E-state index contributed by atoms with van der Waals surface area (Å²) in [6.45, 7) is 3.78. The van der Waals surface area contributed by atoms with E-state index in [4.69, 9.17) is 10.6 Å². The second kappa shape index (κ2) is 7.42. The van der Waals surface area contributed by atoms with Gasteiger partial charge in [-0.3, -0.25) is 15.0 Å². The van der Waals surface area contributed by atoms with Crippen molar-refractivity contribution < 1.29 is 14.3 Å². The number of ether oxygens (including phenoxy) is 1. The Morgan fingerprint density at radius 1 is 1.09 bits per heavy atom. The highest BCUT2D eigenvalue weighted by atomic mass is 16.5. The van der Waals surface area contributed by atoms with E-state index in [-0.39, 0.29) is 18.4 Å². The predicted octanol–water partition coefficient (Wildman–Crippen LogP) is 1.92. The van der Waals surface area contributed by atoms with Crippen molar-refractivity contribution in [2.75, 3.05) is 11.9 Å². The van der Waals surface area contributed by atoms with Crippen molar-refractivity contribution in [3.8, 4) is 5.75 Å². The average molecular weight is 313 g/mol. The van der Waals surface area contributed by atoms with Crippen molar-refractivity contribution >= 4 is 17.5 Å². The highest BCUT2D eigenvalue weighted by Gasteiger charge is 2.07. The summed E-state index contributed by atoms with van der Waals surface area (Å²) in [6, 6.07) is 12.2. The molecule has 4 N–H and O–H groups in total. The molecule has 23 heavy (non-hydrogen) atoms. The molecule has 120 valence electrons. The molecule has 0 fully saturated rings. The number of nitrogen functional groups attached to an aromatic ring is 1. The van der Waals surface area contributed by atoms with Crippen LogP contribution in [-0.2, 0) is 4.79 Å². The van der Waals surface area contributed by atoms with Gasteiger partial charge in [0, 0.05) is 11.3 Å². The molecule has 0 radical (unpaired) electrons. The number of hydrogen-bond donors (Lipinski definition) is 3. The zero-order valence-corrected chi connectivity index (χ0v) is 13.1. The topological polar surface area (TPSA) is 93.4 Å². The molecule has 0 saturated carbocycles. The number of anilines is 1. The highest BCUT2D eigenvalue weighted by Crippen LogP contribution is 2.16. The molecule has 0 aromatic heterocycles. The minimum Gasteiger partial charge on any atom is -0.484 e. The van der Waals surface area contributed by atoms with Crippen molar-refractivity contribution in [3.63, 3.8) is 0 Å². The van der Waals surface area contributed by atoms with Crippen molar-refractivity contribution in [1.29, 1.82) is 0 Å². The Balaban J connectivity index is 1.91. The van der Waals surface area contributed by atoms with E-state index >= 15 is 0 Å². The molecule has 0 saturated heterocycles. The van der Waals surface area contributed by atoms with Gasteiger partial charge in [0.2, 0.25) is 0 Å². The number of nitrogens with two attached hydrogens (primary N) is 1. The molecule has 0 atom stereocenters. The summed E-state index contributed by atoms with van der Waals surface area (Å²) in [4.78, 5) is 23.3. The van der Waals surface area contributed by atoms with Gasteiger partial charge in [-0.15, -0.1) is 0 Å². The first-order valence-electron chi connectivity index (χ1n) is 7.10. The van der Waals surface area contributed by atoms with Crippen LogP contribution in [0.4, 0.5) is 5.69 Å². The smallest absolute Gasteiger partial charge is 0.265 e. The van der Waals surface area contributed by atoms with E-state index in [9.17, 15) is 9.59 Å². The van der Waals surface area contributed by atoms with Gasteiger partial charge in [0.25, 0.3) is 11.8 Å².